The van der Waals surface area contributed by atoms with Gasteiger partial charge in [0.05, 0.1) is 0 Å². The van der Waals surface area contributed by atoms with E-state index < -0.39 is 29.7 Å². The van der Waals surface area contributed by atoms with Crippen molar-refractivity contribution >= 4 is 11.9 Å². The van der Waals surface area contributed by atoms with Crippen LogP contribution in [0.1, 0.15) is 23.2 Å². The molecule has 0 radical (unpaired) electrons. The fraction of sp³-hybridized carbons (Fsp3) is 0.333. The maximum Gasteiger partial charge on any atom is 0.339 e. The van der Waals surface area contributed by atoms with Crippen molar-refractivity contribution in [3.05, 3.63) is 44.9 Å². The van der Waals surface area contributed by atoms with E-state index in [0.717, 1.165) is 0 Å². The molecule has 0 aromatic heterocycles. The van der Waals surface area contributed by atoms with Gasteiger partial charge in [-0.15, -0.1) is 15.0 Å². The minimum atomic E-state index is -1.27. The van der Waals surface area contributed by atoms with Crippen LogP contribution in [-0.2, 0) is 14.5 Å². The molecule has 1 aromatic rings. The molecule has 11 nitrogen and oxygen atoms in total. The van der Waals surface area contributed by atoms with E-state index in [4.69, 9.17) is 9.84 Å². The zero-order valence-corrected chi connectivity index (χ0v) is 11.6. The van der Waals surface area contributed by atoms with Crippen LogP contribution in [0.5, 0.6) is 5.75 Å². The monoisotopic (exact) mass is 328 g/mol. The second-order valence-corrected chi connectivity index (χ2v) is 4.14. The Balaban J connectivity index is 2.60. The van der Waals surface area contributed by atoms with Crippen LogP contribution in [0.25, 0.3) is 0 Å². The van der Waals surface area contributed by atoms with E-state index in [1.807, 2.05) is 0 Å². The number of carbonyl (C=O) groups excluding carboxylic acids is 1. The average molecular weight is 328 g/mol. The SMILES string of the molecule is O=NOCC(CCC(=O)Oc1ccccc1C(=O)O)O[N+](=O)[O-]. The summed E-state index contributed by atoms with van der Waals surface area (Å²) in [5.74, 6) is -2.24. The van der Waals surface area contributed by atoms with E-state index in [0.29, 0.717) is 0 Å². The van der Waals surface area contributed by atoms with Gasteiger partial charge in [-0.1, -0.05) is 12.1 Å². The standard InChI is InChI=1S/C12H12N2O9/c15-11(6-5-8(7-21-13-18)23-14(19)20)22-10-4-2-1-3-9(10)12(16)17/h1-4,8H,5-7H2,(H,16,17). The van der Waals surface area contributed by atoms with Crippen LogP contribution < -0.4 is 4.74 Å². The van der Waals surface area contributed by atoms with Crippen LogP contribution in [0.15, 0.2) is 29.6 Å². The number of hydrogen-bond donors (Lipinski definition) is 1. The number of para-hydroxylation sites is 1. The van der Waals surface area contributed by atoms with Crippen LogP contribution in [0.4, 0.5) is 0 Å². The number of rotatable bonds is 10. The highest BCUT2D eigenvalue weighted by atomic mass is 17.0. The molecule has 1 unspecified atom stereocenters. The highest BCUT2D eigenvalue weighted by Gasteiger charge is 2.19. The predicted molar refractivity (Wildman–Crippen MR) is 71.9 cm³/mol. The smallest absolute Gasteiger partial charge is 0.339 e. The Bertz CT molecular complexity index is 590. The van der Waals surface area contributed by atoms with Crippen LogP contribution in [0.3, 0.4) is 0 Å². The Morgan fingerprint density at radius 3 is 2.65 bits per heavy atom. The maximum absolute atomic E-state index is 11.7. The molecule has 0 saturated heterocycles. The fourth-order valence-corrected chi connectivity index (χ4v) is 1.59. The summed E-state index contributed by atoms with van der Waals surface area (Å²) in [7, 11) is 0. The first-order valence-corrected chi connectivity index (χ1v) is 6.22. The molecule has 0 heterocycles. The number of ether oxygens (including phenoxy) is 1. The molecule has 0 bridgehead atoms. The van der Waals surface area contributed by atoms with Gasteiger partial charge in [-0.25, -0.2) is 4.79 Å². The largest absolute Gasteiger partial charge is 0.478 e. The van der Waals surface area contributed by atoms with E-state index >= 15 is 0 Å². The van der Waals surface area contributed by atoms with Gasteiger partial charge >= 0.3 is 11.9 Å². The summed E-state index contributed by atoms with van der Waals surface area (Å²) in [6, 6.07) is 5.50. The van der Waals surface area contributed by atoms with E-state index in [-0.39, 0.29) is 24.2 Å². The van der Waals surface area contributed by atoms with Gasteiger partial charge in [0.2, 0.25) is 0 Å². The third-order valence-corrected chi connectivity index (χ3v) is 2.56. The number of carbonyl (C=O) groups is 2. The Morgan fingerprint density at radius 1 is 1.35 bits per heavy atom. The first-order chi connectivity index (χ1) is 10.9. The van der Waals surface area contributed by atoms with Gasteiger partial charge in [-0.3, -0.25) is 4.79 Å². The van der Waals surface area contributed by atoms with Gasteiger partial charge in [0.25, 0.3) is 5.09 Å². The third-order valence-electron chi connectivity index (χ3n) is 2.56. The molecule has 0 amide bonds. The Kier molecular flexibility index (Phi) is 6.91. The van der Waals surface area contributed by atoms with Crippen molar-refractivity contribution < 1.29 is 34.2 Å². The van der Waals surface area contributed by atoms with Crippen molar-refractivity contribution in [2.24, 2.45) is 5.34 Å². The van der Waals surface area contributed by atoms with E-state index in [2.05, 4.69) is 15.0 Å². The molecule has 1 N–H and O–H groups in total. The second kappa shape index (κ2) is 8.92. The molecule has 0 aliphatic heterocycles. The molecule has 0 fully saturated rings. The summed E-state index contributed by atoms with van der Waals surface area (Å²) in [5, 5.41) is 20.2. The van der Waals surface area contributed by atoms with Crippen molar-refractivity contribution in [1.82, 2.24) is 0 Å². The van der Waals surface area contributed by atoms with Crippen molar-refractivity contribution in [1.29, 1.82) is 0 Å². The van der Waals surface area contributed by atoms with Gasteiger partial charge in [-0.2, -0.15) is 0 Å². The average Bonchev–Trinajstić information content (AvgIpc) is 2.50. The van der Waals surface area contributed by atoms with E-state index in [1.165, 1.54) is 24.3 Å². The summed E-state index contributed by atoms with van der Waals surface area (Å²) in [5.41, 5.74) is -0.201. The number of benzene rings is 1. The quantitative estimate of drug-likeness (QED) is 0.220. The molecule has 0 spiro atoms. The lowest BCUT2D eigenvalue weighted by Gasteiger charge is -2.12. The van der Waals surface area contributed by atoms with E-state index in [9.17, 15) is 24.6 Å². The Labute approximate surface area is 128 Å². The van der Waals surface area contributed by atoms with Crippen LogP contribution >= 0.6 is 0 Å². The van der Waals surface area contributed by atoms with Gasteiger partial charge in [0.15, 0.2) is 5.34 Å². The normalized spacial score (nSPS) is 11.1. The molecule has 11 heteroatoms. The van der Waals surface area contributed by atoms with Crippen LogP contribution in [-0.4, -0.2) is 34.8 Å². The number of carboxylic acid groups (broad SMARTS) is 1. The lowest BCUT2D eigenvalue weighted by atomic mass is 10.2. The van der Waals surface area contributed by atoms with Crippen molar-refractivity contribution in [2.45, 2.75) is 18.9 Å². The van der Waals surface area contributed by atoms with Crippen LogP contribution in [0, 0.1) is 15.0 Å². The topological polar surface area (TPSA) is 155 Å². The summed E-state index contributed by atoms with van der Waals surface area (Å²) >= 11 is 0. The molecule has 0 aliphatic rings. The summed E-state index contributed by atoms with van der Waals surface area (Å²) in [6.45, 7) is -0.510. The number of aromatic carboxylic acids is 1. The molecule has 0 saturated carbocycles. The van der Waals surface area contributed by atoms with Gasteiger partial charge in [0.1, 0.15) is 24.0 Å². The molecule has 124 valence electrons. The lowest BCUT2D eigenvalue weighted by Crippen LogP contribution is -2.24. The van der Waals surface area contributed by atoms with Crippen molar-refractivity contribution in [2.75, 3.05) is 6.61 Å². The highest BCUT2D eigenvalue weighted by molar-refractivity contribution is 5.91. The Hall–Kier alpha value is -3.24. The molecule has 0 aliphatic carbocycles. The van der Waals surface area contributed by atoms with Gasteiger partial charge < -0.3 is 19.5 Å². The third kappa shape index (κ3) is 6.37. The molecule has 1 atom stereocenters. The molecule has 23 heavy (non-hydrogen) atoms. The first kappa shape index (κ1) is 17.8. The zero-order chi connectivity index (χ0) is 17.2. The molecular formula is C12H12N2O9. The Morgan fingerprint density at radius 2 is 2.04 bits per heavy atom. The minimum absolute atomic E-state index is 0.150. The van der Waals surface area contributed by atoms with Gasteiger partial charge in [-0.05, 0) is 18.6 Å². The highest BCUT2D eigenvalue weighted by Crippen LogP contribution is 2.19. The van der Waals surface area contributed by atoms with Crippen LogP contribution in [0.2, 0.25) is 0 Å². The number of hydrogen-bond acceptors (Lipinski definition) is 9. The summed E-state index contributed by atoms with van der Waals surface area (Å²) in [4.78, 5) is 51.1. The number of carboxylic acids is 1. The summed E-state index contributed by atoms with van der Waals surface area (Å²) in [6.07, 6.45) is -1.70. The molecule has 1 aromatic carbocycles. The number of esters is 1. The van der Waals surface area contributed by atoms with E-state index in [1.54, 1.807) is 0 Å². The fourth-order valence-electron chi connectivity index (χ4n) is 1.59. The number of nitrogens with zero attached hydrogens (tertiary/aromatic N) is 2. The molecule has 1 rings (SSSR count). The second-order valence-electron chi connectivity index (χ2n) is 4.14. The van der Waals surface area contributed by atoms with Gasteiger partial charge in [0, 0.05) is 6.42 Å². The van der Waals surface area contributed by atoms with Crippen molar-refractivity contribution in [3.63, 3.8) is 0 Å². The molecular weight excluding hydrogens is 316 g/mol. The minimum Gasteiger partial charge on any atom is -0.478 e. The first-order valence-electron chi connectivity index (χ1n) is 6.22. The van der Waals surface area contributed by atoms with Crippen molar-refractivity contribution in [3.8, 4) is 5.75 Å². The maximum atomic E-state index is 11.7. The lowest BCUT2D eigenvalue weighted by molar-refractivity contribution is -0.769. The predicted octanol–water partition coefficient (Wildman–Crippen LogP) is 1.35. The zero-order valence-electron chi connectivity index (χ0n) is 11.6. The summed E-state index contributed by atoms with van der Waals surface area (Å²) < 4.78 is 4.90.